The summed E-state index contributed by atoms with van der Waals surface area (Å²) in [5.41, 5.74) is 0.984. The van der Waals surface area contributed by atoms with Gasteiger partial charge in [-0.1, -0.05) is 19.9 Å². The average Bonchev–Trinajstić information content (AvgIpc) is 2.66. The number of anilines is 1. The zero-order chi connectivity index (χ0) is 20.7. The monoisotopic (exact) mass is 386 g/mol. The second-order valence-electron chi connectivity index (χ2n) is 6.49. The minimum Gasteiger partial charge on any atom is -0.462 e. The van der Waals surface area contributed by atoms with E-state index in [1.54, 1.807) is 39.0 Å². The summed E-state index contributed by atoms with van der Waals surface area (Å²) in [4.78, 5) is 36.9. The van der Waals surface area contributed by atoms with Crippen LogP contribution in [0.5, 0.6) is 0 Å². The van der Waals surface area contributed by atoms with Crippen molar-refractivity contribution in [2.45, 2.75) is 26.8 Å². The van der Waals surface area contributed by atoms with Crippen LogP contribution in [-0.4, -0.2) is 30.4 Å². The number of halogens is 1. The molecule has 0 aliphatic carbocycles. The molecule has 0 fully saturated rings. The van der Waals surface area contributed by atoms with Crippen LogP contribution in [0.25, 0.3) is 0 Å². The Morgan fingerprint density at radius 2 is 1.71 bits per heavy atom. The first-order valence-electron chi connectivity index (χ1n) is 8.96. The van der Waals surface area contributed by atoms with Gasteiger partial charge in [0.25, 0.3) is 5.91 Å². The highest BCUT2D eigenvalue weighted by molar-refractivity contribution is 6.01. The summed E-state index contributed by atoms with van der Waals surface area (Å²) in [6.07, 6.45) is 0. The van der Waals surface area contributed by atoms with E-state index in [1.165, 1.54) is 30.3 Å². The van der Waals surface area contributed by atoms with Crippen molar-refractivity contribution < 1.29 is 23.5 Å². The molecule has 28 heavy (non-hydrogen) atoms. The van der Waals surface area contributed by atoms with Crippen molar-refractivity contribution in [2.75, 3.05) is 11.9 Å². The number of rotatable bonds is 7. The van der Waals surface area contributed by atoms with Gasteiger partial charge >= 0.3 is 5.97 Å². The average molecular weight is 386 g/mol. The Bertz CT molecular complexity index is 850. The largest absolute Gasteiger partial charge is 0.462 e. The van der Waals surface area contributed by atoms with E-state index in [0.29, 0.717) is 11.3 Å². The molecule has 0 bridgehead atoms. The molecule has 2 N–H and O–H groups in total. The lowest BCUT2D eigenvalue weighted by atomic mass is 10.0. The van der Waals surface area contributed by atoms with E-state index in [2.05, 4.69) is 10.6 Å². The summed E-state index contributed by atoms with van der Waals surface area (Å²) in [5.74, 6) is -2.03. The van der Waals surface area contributed by atoms with Crippen LogP contribution in [-0.2, 0) is 9.53 Å². The Morgan fingerprint density at radius 3 is 2.32 bits per heavy atom. The summed E-state index contributed by atoms with van der Waals surface area (Å²) in [6.45, 7) is 5.55. The SMILES string of the molecule is CCOC(=O)c1cccc(NC(=O)C(NC(=O)c2ccc(F)cc2)C(C)C)c1. The Balaban J connectivity index is 2.10. The van der Waals surface area contributed by atoms with Crippen LogP contribution in [0.1, 0.15) is 41.5 Å². The summed E-state index contributed by atoms with van der Waals surface area (Å²) < 4.78 is 18.0. The maximum Gasteiger partial charge on any atom is 0.338 e. The smallest absolute Gasteiger partial charge is 0.338 e. The molecule has 1 unspecified atom stereocenters. The third-order valence-corrected chi connectivity index (χ3v) is 3.98. The summed E-state index contributed by atoms with van der Waals surface area (Å²) in [5, 5.41) is 5.37. The van der Waals surface area contributed by atoms with Crippen molar-refractivity contribution in [2.24, 2.45) is 5.92 Å². The van der Waals surface area contributed by atoms with Gasteiger partial charge in [-0.2, -0.15) is 0 Å². The highest BCUT2D eigenvalue weighted by Gasteiger charge is 2.25. The fourth-order valence-corrected chi connectivity index (χ4v) is 2.52. The maximum atomic E-state index is 13.0. The van der Waals surface area contributed by atoms with Crippen molar-refractivity contribution >= 4 is 23.5 Å². The fourth-order valence-electron chi connectivity index (χ4n) is 2.52. The molecule has 148 valence electrons. The van der Waals surface area contributed by atoms with Crippen LogP contribution >= 0.6 is 0 Å². The number of ether oxygens (including phenoxy) is 1. The number of nitrogens with one attached hydrogen (secondary N) is 2. The van der Waals surface area contributed by atoms with Gasteiger partial charge in [-0.15, -0.1) is 0 Å². The number of amides is 2. The highest BCUT2D eigenvalue weighted by atomic mass is 19.1. The topological polar surface area (TPSA) is 84.5 Å². The zero-order valence-electron chi connectivity index (χ0n) is 16.0. The number of carbonyl (C=O) groups excluding carboxylic acids is 3. The highest BCUT2D eigenvalue weighted by Crippen LogP contribution is 2.14. The van der Waals surface area contributed by atoms with Gasteiger partial charge < -0.3 is 15.4 Å². The molecule has 0 aliphatic rings. The van der Waals surface area contributed by atoms with Crippen molar-refractivity contribution in [1.29, 1.82) is 0 Å². The van der Waals surface area contributed by atoms with Crippen LogP contribution in [0.2, 0.25) is 0 Å². The van der Waals surface area contributed by atoms with E-state index < -0.39 is 29.6 Å². The second kappa shape index (κ2) is 9.64. The van der Waals surface area contributed by atoms with E-state index >= 15 is 0 Å². The first-order valence-corrected chi connectivity index (χ1v) is 8.96. The Hall–Kier alpha value is -3.22. The van der Waals surface area contributed by atoms with E-state index in [0.717, 1.165) is 0 Å². The number of hydrogen-bond donors (Lipinski definition) is 2. The first-order chi connectivity index (χ1) is 13.3. The first kappa shape index (κ1) is 21.1. The van der Waals surface area contributed by atoms with Crippen LogP contribution in [0.3, 0.4) is 0 Å². The number of hydrogen-bond acceptors (Lipinski definition) is 4. The minimum absolute atomic E-state index is 0.197. The van der Waals surface area contributed by atoms with Crippen molar-refractivity contribution in [3.63, 3.8) is 0 Å². The molecule has 0 radical (unpaired) electrons. The molecule has 0 spiro atoms. The molecule has 1 atom stereocenters. The second-order valence-corrected chi connectivity index (χ2v) is 6.49. The minimum atomic E-state index is -0.816. The molecule has 2 amide bonds. The van der Waals surface area contributed by atoms with Gasteiger partial charge in [-0.05, 0) is 55.3 Å². The Kier molecular flexibility index (Phi) is 7.26. The predicted molar refractivity (Wildman–Crippen MR) is 104 cm³/mol. The van der Waals surface area contributed by atoms with Crippen LogP contribution in [0, 0.1) is 11.7 Å². The molecule has 0 heterocycles. The molecule has 2 aromatic carbocycles. The van der Waals surface area contributed by atoms with Crippen molar-refractivity contribution in [1.82, 2.24) is 5.32 Å². The molecule has 2 rings (SSSR count). The molecular formula is C21H23FN2O4. The molecule has 0 aliphatic heterocycles. The third-order valence-electron chi connectivity index (χ3n) is 3.98. The van der Waals surface area contributed by atoms with E-state index in [1.807, 2.05) is 0 Å². The summed E-state index contributed by atoms with van der Waals surface area (Å²) in [7, 11) is 0. The van der Waals surface area contributed by atoms with Gasteiger partial charge in [0.2, 0.25) is 5.91 Å². The predicted octanol–water partition coefficient (Wildman–Crippen LogP) is 3.40. The van der Waals surface area contributed by atoms with Gasteiger partial charge in [-0.25, -0.2) is 9.18 Å². The lowest BCUT2D eigenvalue weighted by molar-refractivity contribution is -0.118. The zero-order valence-corrected chi connectivity index (χ0v) is 16.0. The molecule has 0 saturated carbocycles. The molecule has 2 aromatic rings. The summed E-state index contributed by atoms with van der Waals surface area (Å²) in [6, 6.07) is 10.6. The molecule has 6 nitrogen and oxygen atoms in total. The normalized spacial score (nSPS) is 11.6. The lowest BCUT2D eigenvalue weighted by Gasteiger charge is -2.22. The fraction of sp³-hybridized carbons (Fsp3) is 0.286. The standard InChI is InChI=1S/C21H23FN2O4/c1-4-28-21(27)15-6-5-7-17(12-15)23-20(26)18(13(2)3)24-19(25)14-8-10-16(22)11-9-14/h5-13,18H,4H2,1-3H3,(H,23,26)(H,24,25). The van der Waals surface area contributed by atoms with Crippen LogP contribution in [0.15, 0.2) is 48.5 Å². The van der Waals surface area contributed by atoms with Gasteiger partial charge in [0.05, 0.1) is 12.2 Å². The number of esters is 1. The van der Waals surface area contributed by atoms with Gasteiger partial charge in [0.1, 0.15) is 11.9 Å². The quantitative estimate of drug-likeness (QED) is 0.715. The maximum absolute atomic E-state index is 13.0. The van der Waals surface area contributed by atoms with E-state index in [9.17, 15) is 18.8 Å². The van der Waals surface area contributed by atoms with Crippen LogP contribution in [0.4, 0.5) is 10.1 Å². The summed E-state index contributed by atoms with van der Waals surface area (Å²) >= 11 is 0. The number of carbonyl (C=O) groups is 3. The third kappa shape index (κ3) is 5.64. The number of benzene rings is 2. The van der Waals surface area contributed by atoms with Crippen molar-refractivity contribution in [3.05, 3.63) is 65.5 Å². The Labute approximate surface area is 163 Å². The van der Waals surface area contributed by atoms with Gasteiger partial charge in [-0.3, -0.25) is 9.59 Å². The van der Waals surface area contributed by atoms with E-state index in [4.69, 9.17) is 4.74 Å². The van der Waals surface area contributed by atoms with Gasteiger partial charge in [0, 0.05) is 11.3 Å². The van der Waals surface area contributed by atoms with Gasteiger partial charge in [0.15, 0.2) is 0 Å². The molecule has 7 heteroatoms. The lowest BCUT2D eigenvalue weighted by Crippen LogP contribution is -2.47. The van der Waals surface area contributed by atoms with Crippen LogP contribution < -0.4 is 10.6 Å². The molecule has 0 aromatic heterocycles. The van der Waals surface area contributed by atoms with E-state index in [-0.39, 0.29) is 18.1 Å². The Morgan fingerprint density at radius 1 is 1.04 bits per heavy atom. The molecule has 0 saturated heterocycles. The van der Waals surface area contributed by atoms with Crippen molar-refractivity contribution in [3.8, 4) is 0 Å². The molecular weight excluding hydrogens is 363 g/mol.